The zero-order chi connectivity index (χ0) is 13.2. The van der Waals surface area contributed by atoms with Crippen molar-refractivity contribution >= 4 is 17.2 Å². The quantitative estimate of drug-likeness (QED) is 0.788. The minimum absolute atomic E-state index is 0.793. The van der Waals surface area contributed by atoms with Crippen LogP contribution in [0.3, 0.4) is 0 Å². The normalized spacial score (nSPS) is 17.9. The third kappa shape index (κ3) is 2.43. The lowest BCUT2D eigenvalue weighted by Gasteiger charge is -2.30. The smallest absolute Gasteiger partial charge is 0.152 e. The van der Waals surface area contributed by atoms with Crippen molar-refractivity contribution < 1.29 is 4.79 Å². The number of aromatic nitrogens is 1. The fraction of sp³-hybridized carbons (Fsp3) is 0.438. The van der Waals surface area contributed by atoms with Gasteiger partial charge in [-0.05, 0) is 24.8 Å². The fourth-order valence-corrected chi connectivity index (χ4v) is 2.91. The maximum absolute atomic E-state index is 11.1. The molecule has 0 aliphatic carbocycles. The molecule has 3 rings (SSSR count). The number of carbonyl (C=O) groups is 1. The molecule has 1 aliphatic rings. The topological polar surface area (TPSA) is 25.2 Å². The van der Waals surface area contributed by atoms with Crippen molar-refractivity contribution in [2.45, 2.75) is 26.4 Å². The summed E-state index contributed by atoms with van der Waals surface area (Å²) in [5, 5.41) is 1.06. The second kappa shape index (κ2) is 5.17. The summed E-state index contributed by atoms with van der Waals surface area (Å²) in [6.45, 7) is 5.53. The number of rotatable bonds is 3. The summed E-state index contributed by atoms with van der Waals surface area (Å²) >= 11 is 0. The lowest BCUT2D eigenvalue weighted by molar-refractivity contribution is 0.112. The Labute approximate surface area is 113 Å². The molecule has 19 heavy (non-hydrogen) atoms. The van der Waals surface area contributed by atoms with Crippen molar-refractivity contribution in [2.24, 2.45) is 5.92 Å². The lowest BCUT2D eigenvalue weighted by atomic mass is 10.00. The van der Waals surface area contributed by atoms with Gasteiger partial charge < -0.3 is 4.57 Å². The Morgan fingerprint density at radius 3 is 2.74 bits per heavy atom. The van der Waals surface area contributed by atoms with Crippen molar-refractivity contribution in [1.29, 1.82) is 0 Å². The van der Waals surface area contributed by atoms with Crippen LogP contribution in [0.25, 0.3) is 10.9 Å². The van der Waals surface area contributed by atoms with Gasteiger partial charge in [-0.1, -0.05) is 25.1 Å². The number of benzene rings is 1. The first-order valence-corrected chi connectivity index (χ1v) is 7.03. The van der Waals surface area contributed by atoms with Crippen molar-refractivity contribution in [2.75, 3.05) is 13.1 Å². The minimum atomic E-state index is 0.793. The summed E-state index contributed by atoms with van der Waals surface area (Å²) in [6, 6.07) is 8.14. The molecule has 2 aromatic rings. The highest BCUT2D eigenvalue weighted by molar-refractivity contribution is 5.97. The SMILES string of the molecule is CC1CCN(Cn2cc(C=O)c3ccccc32)CC1. The third-order valence-corrected chi connectivity index (χ3v) is 4.17. The van der Waals surface area contributed by atoms with Gasteiger partial charge in [0.2, 0.25) is 0 Å². The molecule has 0 bridgehead atoms. The van der Waals surface area contributed by atoms with Crippen LogP contribution in [-0.4, -0.2) is 28.8 Å². The van der Waals surface area contributed by atoms with E-state index in [9.17, 15) is 4.79 Å². The molecule has 0 saturated carbocycles. The van der Waals surface area contributed by atoms with E-state index in [-0.39, 0.29) is 0 Å². The maximum Gasteiger partial charge on any atom is 0.152 e. The van der Waals surface area contributed by atoms with Crippen LogP contribution in [0.15, 0.2) is 30.5 Å². The second-order valence-electron chi connectivity index (χ2n) is 5.63. The van der Waals surface area contributed by atoms with Crippen LogP contribution in [0.2, 0.25) is 0 Å². The van der Waals surface area contributed by atoms with E-state index in [1.165, 1.54) is 12.8 Å². The summed E-state index contributed by atoms with van der Waals surface area (Å²) in [5.74, 6) is 0.850. The van der Waals surface area contributed by atoms with Crippen LogP contribution in [0, 0.1) is 5.92 Å². The van der Waals surface area contributed by atoms with Gasteiger partial charge in [0.15, 0.2) is 6.29 Å². The van der Waals surface area contributed by atoms with Crippen molar-refractivity contribution in [3.63, 3.8) is 0 Å². The first-order valence-electron chi connectivity index (χ1n) is 7.03. The Balaban J connectivity index is 1.86. The maximum atomic E-state index is 11.1. The molecule has 3 nitrogen and oxygen atoms in total. The molecule has 1 saturated heterocycles. The van der Waals surface area contributed by atoms with Gasteiger partial charge >= 0.3 is 0 Å². The molecule has 100 valence electrons. The van der Waals surface area contributed by atoms with E-state index in [4.69, 9.17) is 0 Å². The molecule has 0 spiro atoms. The molecule has 0 N–H and O–H groups in total. The molecule has 0 atom stereocenters. The van der Waals surface area contributed by atoms with Gasteiger partial charge in [-0.15, -0.1) is 0 Å². The van der Waals surface area contributed by atoms with Gasteiger partial charge in [-0.25, -0.2) is 0 Å². The van der Waals surface area contributed by atoms with Crippen LogP contribution in [0.1, 0.15) is 30.1 Å². The van der Waals surface area contributed by atoms with E-state index in [1.54, 1.807) is 0 Å². The van der Waals surface area contributed by atoms with Gasteiger partial charge in [0.1, 0.15) is 0 Å². The number of likely N-dealkylation sites (tertiary alicyclic amines) is 1. The standard InChI is InChI=1S/C16H20N2O/c1-13-6-8-17(9-7-13)12-18-10-14(11-19)15-4-2-3-5-16(15)18/h2-5,10-11,13H,6-9,12H2,1H3. The van der Waals surface area contributed by atoms with Crippen molar-refractivity contribution in [3.05, 3.63) is 36.0 Å². The molecule has 1 aliphatic heterocycles. The summed E-state index contributed by atoms with van der Waals surface area (Å²) in [6.07, 6.45) is 5.49. The highest BCUT2D eigenvalue weighted by Gasteiger charge is 2.16. The van der Waals surface area contributed by atoms with Crippen molar-refractivity contribution in [1.82, 2.24) is 9.47 Å². The van der Waals surface area contributed by atoms with Crippen molar-refractivity contribution in [3.8, 4) is 0 Å². The molecule has 1 aromatic carbocycles. The van der Waals surface area contributed by atoms with E-state index in [0.717, 1.165) is 48.4 Å². The third-order valence-electron chi connectivity index (χ3n) is 4.17. The first kappa shape index (κ1) is 12.4. The molecular weight excluding hydrogens is 236 g/mol. The largest absolute Gasteiger partial charge is 0.333 e. The van der Waals surface area contributed by atoms with E-state index in [0.29, 0.717) is 0 Å². The van der Waals surface area contributed by atoms with Gasteiger partial charge in [0.05, 0.1) is 6.67 Å². The van der Waals surface area contributed by atoms with Gasteiger partial charge in [0.25, 0.3) is 0 Å². The summed E-state index contributed by atoms with van der Waals surface area (Å²) < 4.78 is 2.20. The van der Waals surface area contributed by atoms with Crippen LogP contribution >= 0.6 is 0 Å². The van der Waals surface area contributed by atoms with Crippen LogP contribution in [0.5, 0.6) is 0 Å². The van der Waals surface area contributed by atoms with E-state index < -0.39 is 0 Å². The van der Waals surface area contributed by atoms with Crippen LogP contribution < -0.4 is 0 Å². The van der Waals surface area contributed by atoms with E-state index in [2.05, 4.69) is 22.5 Å². The lowest BCUT2D eigenvalue weighted by Crippen LogP contribution is -2.34. The molecule has 1 aromatic heterocycles. The molecule has 0 unspecified atom stereocenters. The predicted molar refractivity (Wildman–Crippen MR) is 77.3 cm³/mol. The van der Waals surface area contributed by atoms with E-state index >= 15 is 0 Å². The number of nitrogens with zero attached hydrogens (tertiary/aromatic N) is 2. The zero-order valence-electron chi connectivity index (χ0n) is 11.4. The van der Waals surface area contributed by atoms with Gasteiger partial charge in [-0.3, -0.25) is 9.69 Å². The highest BCUT2D eigenvalue weighted by Crippen LogP contribution is 2.22. The number of carbonyl (C=O) groups excluding carboxylic acids is 1. The van der Waals surface area contributed by atoms with Gasteiger partial charge in [-0.2, -0.15) is 0 Å². The molecule has 0 amide bonds. The Kier molecular flexibility index (Phi) is 3.38. The number of piperidine rings is 1. The zero-order valence-corrected chi connectivity index (χ0v) is 11.4. The monoisotopic (exact) mass is 256 g/mol. The summed E-state index contributed by atoms with van der Waals surface area (Å²) in [4.78, 5) is 13.6. The highest BCUT2D eigenvalue weighted by atomic mass is 16.1. The van der Waals surface area contributed by atoms with E-state index in [1.807, 2.05) is 24.4 Å². The number of hydrogen-bond donors (Lipinski definition) is 0. The molecular formula is C16H20N2O. The molecule has 0 radical (unpaired) electrons. The fourth-order valence-electron chi connectivity index (χ4n) is 2.91. The van der Waals surface area contributed by atoms with Crippen LogP contribution in [0.4, 0.5) is 0 Å². The first-order chi connectivity index (χ1) is 9.28. The summed E-state index contributed by atoms with van der Waals surface area (Å²) in [5.41, 5.74) is 1.95. The number of hydrogen-bond acceptors (Lipinski definition) is 2. The Hall–Kier alpha value is -1.61. The Morgan fingerprint density at radius 1 is 1.26 bits per heavy atom. The predicted octanol–water partition coefficient (Wildman–Crippen LogP) is 3.14. The molecule has 3 heteroatoms. The molecule has 1 fully saturated rings. The number of fused-ring (bicyclic) bond motifs is 1. The minimum Gasteiger partial charge on any atom is -0.333 e. The number of para-hydroxylation sites is 1. The number of aldehydes is 1. The summed E-state index contributed by atoms with van der Waals surface area (Å²) in [7, 11) is 0. The Morgan fingerprint density at radius 2 is 2.00 bits per heavy atom. The average molecular weight is 256 g/mol. The second-order valence-corrected chi connectivity index (χ2v) is 5.63. The molecule has 2 heterocycles. The Bertz CT molecular complexity index is 579. The van der Waals surface area contributed by atoms with Gasteiger partial charge in [0, 0.05) is 35.8 Å². The average Bonchev–Trinajstić information content (AvgIpc) is 2.80. The van der Waals surface area contributed by atoms with Crippen LogP contribution in [-0.2, 0) is 6.67 Å².